The van der Waals surface area contributed by atoms with Crippen LogP contribution in [-0.4, -0.2) is 11.1 Å². The standard InChI is InChI=1S/C11H10O2/c1-9-5-2-3-6-10(9)7-4-8-11(12)13/h2-3,5-8H,1H3,(H,12,13). The van der Waals surface area contributed by atoms with Crippen LogP contribution < -0.4 is 0 Å². The third-order valence-electron chi connectivity index (χ3n) is 1.63. The first-order chi connectivity index (χ1) is 6.20. The first-order valence-electron chi connectivity index (χ1n) is 3.91. The fourth-order valence-electron chi connectivity index (χ4n) is 0.951. The maximum absolute atomic E-state index is 10.1. The zero-order valence-electron chi connectivity index (χ0n) is 7.32. The maximum atomic E-state index is 10.1. The van der Waals surface area contributed by atoms with Crippen LogP contribution in [0.5, 0.6) is 0 Å². The number of aliphatic carboxylic acids is 1. The molecule has 0 saturated heterocycles. The summed E-state index contributed by atoms with van der Waals surface area (Å²) in [6.07, 6.45) is 2.65. The lowest BCUT2D eigenvalue weighted by Crippen LogP contribution is -1.83. The quantitative estimate of drug-likeness (QED) is 0.551. The molecule has 1 rings (SSSR count). The number of benzene rings is 1. The van der Waals surface area contributed by atoms with E-state index >= 15 is 0 Å². The predicted octanol–water partition coefficient (Wildman–Crippen LogP) is 2.25. The average molecular weight is 174 g/mol. The van der Waals surface area contributed by atoms with Gasteiger partial charge in [0.2, 0.25) is 0 Å². The van der Waals surface area contributed by atoms with Crippen molar-refractivity contribution < 1.29 is 9.90 Å². The molecule has 1 aromatic carbocycles. The highest BCUT2D eigenvalue weighted by molar-refractivity contribution is 5.80. The molecule has 0 spiro atoms. The molecule has 1 N–H and O–H groups in total. The molecule has 0 radical (unpaired) electrons. The van der Waals surface area contributed by atoms with E-state index < -0.39 is 5.97 Å². The second-order valence-electron chi connectivity index (χ2n) is 2.65. The minimum Gasteiger partial charge on any atom is -0.478 e. The summed E-state index contributed by atoms with van der Waals surface area (Å²) >= 11 is 0. The van der Waals surface area contributed by atoms with Crippen molar-refractivity contribution in [3.63, 3.8) is 0 Å². The topological polar surface area (TPSA) is 37.3 Å². The Kier molecular flexibility index (Phi) is 3.07. The van der Waals surface area contributed by atoms with Crippen molar-refractivity contribution in [2.24, 2.45) is 0 Å². The van der Waals surface area contributed by atoms with Gasteiger partial charge in [-0.3, -0.25) is 0 Å². The molecule has 0 aromatic heterocycles. The van der Waals surface area contributed by atoms with Gasteiger partial charge in [-0.1, -0.05) is 24.3 Å². The first kappa shape index (κ1) is 9.30. The minimum atomic E-state index is -0.982. The zero-order chi connectivity index (χ0) is 9.68. The lowest BCUT2D eigenvalue weighted by atomic mass is 10.1. The van der Waals surface area contributed by atoms with Crippen LogP contribution in [0.1, 0.15) is 11.1 Å². The minimum absolute atomic E-state index is 0.982. The van der Waals surface area contributed by atoms with Crippen molar-refractivity contribution in [2.75, 3.05) is 0 Å². The molecule has 13 heavy (non-hydrogen) atoms. The van der Waals surface area contributed by atoms with E-state index in [2.05, 4.69) is 5.73 Å². The molecule has 0 amide bonds. The summed E-state index contributed by atoms with van der Waals surface area (Å²) in [5.41, 5.74) is 4.68. The Morgan fingerprint density at radius 3 is 2.77 bits per heavy atom. The third kappa shape index (κ3) is 2.97. The lowest BCUT2D eigenvalue weighted by Gasteiger charge is -1.95. The predicted molar refractivity (Wildman–Crippen MR) is 51.4 cm³/mol. The molecular weight excluding hydrogens is 164 g/mol. The van der Waals surface area contributed by atoms with Gasteiger partial charge in [0.05, 0.1) is 6.08 Å². The number of carboxylic acid groups (broad SMARTS) is 1. The molecule has 0 bridgehead atoms. The van der Waals surface area contributed by atoms with E-state index in [1.54, 1.807) is 6.08 Å². The molecule has 0 aliphatic heterocycles. The first-order valence-corrected chi connectivity index (χ1v) is 3.91. The number of hydrogen-bond acceptors (Lipinski definition) is 1. The van der Waals surface area contributed by atoms with Crippen molar-refractivity contribution in [3.8, 4) is 0 Å². The number of carboxylic acids is 1. The number of hydrogen-bond donors (Lipinski definition) is 1. The van der Waals surface area contributed by atoms with Crippen LogP contribution >= 0.6 is 0 Å². The summed E-state index contributed by atoms with van der Waals surface area (Å²) in [5, 5.41) is 8.32. The fourth-order valence-corrected chi connectivity index (χ4v) is 0.951. The summed E-state index contributed by atoms with van der Waals surface area (Å²) in [6, 6.07) is 7.72. The molecule has 0 fully saturated rings. The Labute approximate surface area is 76.8 Å². The second kappa shape index (κ2) is 4.29. The van der Waals surface area contributed by atoms with Gasteiger partial charge in [0, 0.05) is 0 Å². The van der Waals surface area contributed by atoms with Crippen LogP contribution in [0, 0.1) is 6.92 Å². The van der Waals surface area contributed by atoms with Gasteiger partial charge in [-0.15, -0.1) is 5.73 Å². The third-order valence-corrected chi connectivity index (χ3v) is 1.63. The van der Waals surface area contributed by atoms with Gasteiger partial charge in [0.25, 0.3) is 0 Å². The van der Waals surface area contributed by atoms with E-state index in [4.69, 9.17) is 5.11 Å². The van der Waals surface area contributed by atoms with Crippen LogP contribution in [0.2, 0.25) is 0 Å². The Hall–Kier alpha value is -1.79. The van der Waals surface area contributed by atoms with Gasteiger partial charge in [0.1, 0.15) is 0 Å². The lowest BCUT2D eigenvalue weighted by molar-refractivity contribution is -0.131. The van der Waals surface area contributed by atoms with E-state index in [1.165, 1.54) is 0 Å². The van der Waals surface area contributed by atoms with Gasteiger partial charge in [-0.25, -0.2) is 4.79 Å². The molecule has 2 nitrogen and oxygen atoms in total. The van der Waals surface area contributed by atoms with Crippen LogP contribution in [0.3, 0.4) is 0 Å². The normalized spacial score (nSPS) is 8.69. The summed E-state index contributed by atoms with van der Waals surface area (Å²) < 4.78 is 0. The number of rotatable bonds is 2. The summed E-state index contributed by atoms with van der Waals surface area (Å²) in [6.45, 7) is 1.97. The Morgan fingerprint density at radius 1 is 1.46 bits per heavy atom. The van der Waals surface area contributed by atoms with Gasteiger partial charge in [-0.2, -0.15) is 0 Å². The van der Waals surface area contributed by atoms with Crippen LogP contribution in [-0.2, 0) is 4.79 Å². The van der Waals surface area contributed by atoms with E-state index in [9.17, 15) is 4.79 Å². The summed E-state index contributed by atoms with van der Waals surface area (Å²) in [5.74, 6) is -0.982. The molecule has 0 aliphatic rings. The largest absolute Gasteiger partial charge is 0.478 e. The van der Waals surface area contributed by atoms with Gasteiger partial charge in [-0.05, 0) is 24.1 Å². The Balaban J connectivity index is 2.92. The zero-order valence-corrected chi connectivity index (χ0v) is 7.32. The second-order valence-corrected chi connectivity index (χ2v) is 2.65. The van der Waals surface area contributed by atoms with Gasteiger partial charge in [0.15, 0.2) is 0 Å². The van der Waals surface area contributed by atoms with Crippen LogP contribution in [0.25, 0.3) is 6.08 Å². The molecule has 0 heterocycles. The van der Waals surface area contributed by atoms with Crippen molar-refractivity contribution in [1.82, 2.24) is 0 Å². The monoisotopic (exact) mass is 174 g/mol. The molecule has 0 atom stereocenters. The molecule has 0 aliphatic carbocycles. The molecule has 0 unspecified atom stereocenters. The average Bonchev–Trinajstić information content (AvgIpc) is 2.08. The van der Waals surface area contributed by atoms with Gasteiger partial charge < -0.3 is 5.11 Å². The van der Waals surface area contributed by atoms with E-state index in [0.717, 1.165) is 17.2 Å². The van der Waals surface area contributed by atoms with Crippen molar-refractivity contribution in [1.29, 1.82) is 0 Å². The fraction of sp³-hybridized carbons (Fsp3) is 0.0909. The molecule has 2 heteroatoms. The number of carbonyl (C=O) groups is 1. The van der Waals surface area contributed by atoms with Crippen LogP contribution in [0.15, 0.2) is 36.1 Å². The van der Waals surface area contributed by atoms with Crippen molar-refractivity contribution in [3.05, 3.63) is 47.2 Å². The highest BCUT2D eigenvalue weighted by Crippen LogP contribution is 2.07. The SMILES string of the molecule is Cc1ccccc1C=C=CC(=O)O. The summed E-state index contributed by atoms with van der Waals surface area (Å²) in [7, 11) is 0. The van der Waals surface area contributed by atoms with Crippen LogP contribution in [0.4, 0.5) is 0 Å². The Bertz CT molecular complexity index is 371. The molecule has 0 saturated carbocycles. The summed E-state index contributed by atoms with van der Waals surface area (Å²) in [4.78, 5) is 10.1. The highest BCUT2D eigenvalue weighted by Gasteiger charge is 1.89. The number of aryl methyl sites for hydroxylation is 1. The Morgan fingerprint density at radius 2 is 2.15 bits per heavy atom. The maximum Gasteiger partial charge on any atom is 0.336 e. The van der Waals surface area contributed by atoms with Crippen molar-refractivity contribution >= 4 is 12.0 Å². The van der Waals surface area contributed by atoms with E-state index in [1.807, 2.05) is 31.2 Å². The molecule has 1 aromatic rings. The van der Waals surface area contributed by atoms with Crippen molar-refractivity contribution in [2.45, 2.75) is 6.92 Å². The van der Waals surface area contributed by atoms with Gasteiger partial charge >= 0.3 is 5.97 Å². The smallest absolute Gasteiger partial charge is 0.336 e. The molecule has 66 valence electrons. The highest BCUT2D eigenvalue weighted by atomic mass is 16.4. The van der Waals surface area contributed by atoms with E-state index in [0.29, 0.717) is 0 Å². The van der Waals surface area contributed by atoms with E-state index in [-0.39, 0.29) is 0 Å². The molecular formula is C11H10O2.